The fraction of sp³-hybridized carbons (Fsp3) is 0.167. The molecule has 0 aromatic carbocycles. The van der Waals surface area contributed by atoms with Gasteiger partial charge in [0, 0.05) is 6.54 Å². The van der Waals surface area contributed by atoms with Crippen LogP contribution < -0.4 is 5.73 Å². The molecule has 2 aliphatic rings. The van der Waals surface area contributed by atoms with Gasteiger partial charge in [0.05, 0.1) is 0 Å². The molecule has 0 amide bonds. The maximum atomic E-state index is 5.58. The van der Waals surface area contributed by atoms with Gasteiger partial charge < -0.3 is 5.73 Å². The van der Waals surface area contributed by atoms with E-state index >= 15 is 0 Å². The van der Waals surface area contributed by atoms with Gasteiger partial charge in [0.1, 0.15) is 0 Å². The SMILES string of the molecule is NCC1=CC=C2CC=CC=C2C=C1. The number of nitrogens with two attached hydrogens (primary N) is 1. The lowest BCUT2D eigenvalue weighted by Crippen LogP contribution is -1.99. The maximum absolute atomic E-state index is 5.58. The highest BCUT2D eigenvalue weighted by atomic mass is 14.5. The summed E-state index contributed by atoms with van der Waals surface area (Å²) in [5, 5.41) is 0. The Labute approximate surface area is 78.6 Å². The van der Waals surface area contributed by atoms with Crippen LogP contribution in [0.25, 0.3) is 0 Å². The summed E-state index contributed by atoms with van der Waals surface area (Å²) in [5.74, 6) is 0. The molecule has 1 nitrogen and oxygen atoms in total. The van der Waals surface area contributed by atoms with Gasteiger partial charge in [-0.3, -0.25) is 0 Å². The first-order chi connectivity index (χ1) is 6.40. The van der Waals surface area contributed by atoms with E-state index in [1.165, 1.54) is 16.7 Å². The zero-order chi connectivity index (χ0) is 9.10. The van der Waals surface area contributed by atoms with Crippen LogP contribution in [0.1, 0.15) is 6.42 Å². The average Bonchev–Trinajstić information content (AvgIpc) is 2.39. The summed E-state index contributed by atoms with van der Waals surface area (Å²) in [7, 11) is 0. The minimum atomic E-state index is 0.612. The molecule has 0 fully saturated rings. The molecule has 0 saturated carbocycles. The summed E-state index contributed by atoms with van der Waals surface area (Å²) in [5.41, 5.74) is 9.45. The number of hydrogen-bond donors (Lipinski definition) is 1. The summed E-state index contributed by atoms with van der Waals surface area (Å²) in [6.07, 6.45) is 15.9. The van der Waals surface area contributed by atoms with Crippen LogP contribution in [0, 0.1) is 0 Å². The van der Waals surface area contributed by atoms with Gasteiger partial charge in [-0.25, -0.2) is 0 Å². The molecule has 1 heteroatoms. The molecule has 0 atom stereocenters. The first-order valence-electron chi connectivity index (χ1n) is 4.55. The normalized spacial score (nSPS) is 19.9. The summed E-state index contributed by atoms with van der Waals surface area (Å²) in [4.78, 5) is 0. The smallest absolute Gasteiger partial charge is 0.0178 e. The molecule has 0 bridgehead atoms. The number of rotatable bonds is 1. The minimum Gasteiger partial charge on any atom is -0.326 e. The fourth-order valence-electron chi connectivity index (χ4n) is 1.51. The van der Waals surface area contributed by atoms with Crippen molar-refractivity contribution in [2.75, 3.05) is 6.54 Å². The topological polar surface area (TPSA) is 26.0 Å². The van der Waals surface area contributed by atoms with Crippen LogP contribution >= 0.6 is 0 Å². The van der Waals surface area contributed by atoms with E-state index in [4.69, 9.17) is 5.73 Å². The molecule has 0 heterocycles. The van der Waals surface area contributed by atoms with Crippen LogP contribution in [0.3, 0.4) is 0 Å². The van der Waals surface area contributed by atoms with E-state index in [0.717, 1.165) is 6.42 Å². The van der Waals surface area contributed by atoms with Crippen molar-refractivity contribution in [1.29, 1.82) is 0 Å². The Bertz CT molecular complexity index is 351. The standard InChI is InChI=1S/C12H13N/c13-9-10-5-7-11-3-1-2-4-12(11)8-6-10/h1-3,5-8H,4,9,13H2. The van der Waals surface area contributed by atoms with Crippen LogP contribution in [0.4, 0.5) is 0 Å². The lowest BCUT2D eigenvalue weighted by atomic mass is 9.98. The summed E-state index contributed by atoms with van der Waals surface area (Å²) in [6, 6.07) is 0. The molecule has 13 heavy (non-hydrogen) atoms. The minimum absolute atomic E-state index is 0.612. The Kier molecular flexibility index (Phi) is 2.28. The third-order valence-electron chi connectivity index (χ3n) is 2.33. The molecule has 0 aromatic rings. The number of fused-ring (bicyclic) bond motifs is 1. The molecule has 0 spiro atoms. The molecule has 2 N–H and O–H groups in total. The largest absolute Gasteiger partial charge is 0.326 e. The molecule has 0 unspecified atom stereocenters. The summed E-state index contributed by atoms with van der Waals surface area (Å²) < 4.78 is 0. The van der Waals surface area contributed by atoms with Gasteiger partial charge in [-0.2, -0.15) is 0 Å². The average molecular weight is 171 g/mol. The van der Waals surface area contributed by atoms with Gasteiger partial charge in [-0.15, -0.1) is 0 Å². The van der Waals surface area contributed by atoms with Gasteiger partial charge in [-0.05, 0) is 23.1 Å². The van der Waals surface area contributed by atoms with Crippen LogP contribution in [-0.4, -0.2) is 6.54 Å². The van der Waals surface area contributed by atoms with Crippen LogP contribution in [0.5, 0.6) is 0 Å². The first kappa shape index (κ1) is 8.27. The van der Waals surface area contributed by atoms with E-state index < -0.39 is 0 Å². The quantitative estimate of drug-likeness (QED) is 0.643. The monoisotopic (exact) mass is 171 g/mol. The molecule has 0 saturated heterocycles. The highest BCUT2D eigenvalue weighted by molar-refractivity contribution is 5.51. The van der Waals surface area contributed by atoms with Crippen molar-refractivity contribution < 1.29 is 0 Å². The highest BCUT2D eigenvalue weighted by Gasteiger charge is 2.05. The summed E-state index contributed by atoms with van der Waals surface area (Å²) in [6.45, 7) is 0.612. The van der Waals surface area contributed by atoms with Crippen molar-refractivity contribution in [2.24, 2.45) is 5.73 Å². The second kappa shape index (κ2) is 3.58. The zero-order valence-electron chi connectivity index (χ0n) is 7.53. The van der Waals surface area contributed by atoms with Crippen LogP contribution in [-0.2, 0) is 0 Å². The maximum Gasteiger partial charge on any atom is 0.0178 e. The van der Waals surface area contributed by atoms with Gasteiger partial charge in [0.25, 0.3) is 0 Å². The van der Waals surface area contributed by atoms with Crippen molar-refractivity contribution >= 4 is 0 Å². The van der Waals surface area contributed by atoms with E-state index in [9.17, 15) is 0 Å². The van der Waals surface area contributed by atoms with Crippen molar-refractivity contribution in [1.82, 2.24) is 0 Å². The van der Waals surface area contributed by atoms with Crippen molar-refractivity contribution in [2.45, 2.75) is 6.42 Å². The van der Waals surface area contributed by atoms with Crippen molar-refractivity contribution in [3.05, 3.63) is 59.3 Å². The molecular weight excluding hydrogens is 158 g/mol. The Morgan fingerprint density at radius 2 is 2.08 bits per heavy atom. The molecule has 2 rings (SSSR count). The predicted molar refractivity (Wildman–Crippen MR) is 56.2 cm³/mol. The van der Waals surface area contributed by atoms with E-state index in [-0.39, 0.29) is 0 Å². The second-order valence-electron chi connectivity index (χ2n) is 3.23. The van der Waals surface area contributed by atoms with Gasteiger partial charge >= 0.3 is 0 Å². The molecule has 66 valence electrons. The van der Waals surface area contributed by atoms with Gasteiger partial charge in [-0.1, -0.05) is 42.5 Å². The highest BCUT2D eigenvalue weighted by Crippen LogP contribution is 2.23. The third kappa shape index (κ3) is 1.70. The molecule has 0 radical (unpaired) electrons. The van der Waals surface area contributed by atoms with Crippen LogP contribution in [0.15, 0.2) is 59.3 Å². The first-order valence-corrected chi connectivity index (χ1v) is 4.55. The van der Waals surface area contributed by atoms with E-state index in [0.29, 0.717) is 6.54 Å². The Hall–Kier alpha value is -1.34. The van der Waals surface area contributed by atoms with Crippen LogP contribution in [0.2, 0.25) is 0 Å². The van der Waals surface area contributed by atoms with E-state index in [2.05, 4.69) is 42.5 Å². The Balaban J connectivity index is 2.36. The van der Waals surface area contributed by atoms with Crippen molar-refractivity contribution in [3.63, 3.8) is 0 Å². The number of allylic oxidation sites excluding steroid dienone is 8. The lowest BCUT2D eigenvalue weighted by Gasteiger charge is -2.07. The predicted octanol–water partition coefficient (Wildman–Crippen LogP) is 2.25. The van der Waals surface area contributed by atoms with E-state index in [1.807, 2.05) is 0 Å². The Morgan fingerprint density at radius 1 is 1.15 bits per heavy atom. The molecule has 2 aliphatic carbocycles. The molecule has 0 aliphatic heterocycles. The lowest BCUT2D eigenvalue weighted by molar-refractivity contribution is 1.19. The van der Waals surface area contributed by atoms with Gasteiger partial charge in [0.2, 0.25) is 0 Å². The zero-order valence-corrected chi connectivity index (χ0v) is 7.53. The number of hydrogen-bond acceptors (Lipinski definition) is 1. The molecule has 0 aromatic heterocycles. The van der Waals surface area contributed by atoms with Gasteiger partial charge in [0.15, 0.2) is 0 Å². The molecular formula is C12H13N. The fourth-order valence-corrected chi connectivity index (χ4v) is 1.51. The second-order valence-corrected chi connectivity index (χ2v) is 3.23. The van der Waals surface area contributed by atoms with Crippen molar-refractivity contribution in [3.8, 4) is 0 Å². The summed E-state index contributed by atoms with van der Waals surface area (Å²) >= 11 is 0. The third-order valence-corrected chi connectivity index (χ3v) is 2.33. The Morgan fingerprint density at radius 3 is 2.92 bits per heavy atom. The van der Waals surface area contributed by atoms with E-state index in [1.54, 1.807) is 0 Å².